The van der Waals surface area contributed by atoms with Crippen LogP contribution >= 0.6 is 23.1 Å². The van der Waals surface area contributed by atoms with Crippen LogP contribution in [0.2, 0.25) is 0 Å². The summed E-state index contributed by atoms with van der Waals surface area (Å²) < 4.78 is 13.1. The van der Waals surface area contributed by atoms with Gasteiger partial charge in [0.25, 0.3) is 5.56 Å². The lowest BCUT2D eigenvalue weighted by Crippen LogP contribution is -2.28. The zero-order valence-corrected chi connectivity index (χ0v) is 18.5. The second-order valence-corrected chi connectivity index (χ2v) is 9.00. The highest BCUT2D eigenvalue weighted by atomic mass is 32.2. The van der Waals surface area contributed by atoms with Crippen LogP contribution in [-0.2, 0) is 11.3 Å². The lowest BCUT2D eigenvalue weighted by molar-refractivity contribution is -0.115. The summed E-state index contributed by atoms with van der Waals surface area (Å²) in [6.45, 7) is 4.82. The highest BCUT2D eigenvalue weighted by molar-refractivity contribution is 8.00. The number of fused-ring (bicyclic) bond motifs is 2. The van der Waals surface area contributed by atoms with Gasteiger partial charge in [-0.1, -0.05) is 32.0 Å². The molecule has 1 aromatic carbocycles. The van der Waals surface area contributed by atoms with Gasteiger partial charge in [-0.3, -0.25) is 14.2 Å². The van der Waals surface area contributed by atoms with Crippen LogP contribution in [0.1, 0.15) is 33.1 Å². The number of thioether (sulfide) groups is 1. The van der Waals surface area contributed by atoms with Gasteiger partial charge in [0.15, 0.2) is 16.7 Å². The predicted molar refractivity (Wildman–Crippen MR) is 120 cm³/mol. The number of aromatic nitrogens is 2. The second-order valence-electron chi connectivity index (χ2n) is 6.91. The Morgan fingerprint density at radius 2 is 2.13 bits per heavy atom. The molecule has 9 heteroatoms. The van der Waals surface area contributed by atoms with Crippen molar-refractivity contribution in [1.82, 2.24) is 9.55 Å². The SMILES string of the molecule is CCCCn1c(S[C@H](CC)C(=O)Nc2ccc3c(c2)OCO3)nc2ccsc2c1=O. The summed E-state index contributed by atoms with van der Waals surface area (Å²) in [5.74, 6) is 1.15. The number of ether oxygens (including phenoxy) is 2. The molecule has 158 valence electrons. The average molecular weight is 446 g/mol. The number of carbonyl (C=O) groups excluding carboxylic acids is 1. The maximum atomic E-state index is 13.0. The average Bonchev–Trinajstić information content (AvgIpc) is 3.40. The van der Waals surface area contributed by atoms with Gasteiger partial charge in [-0.2, -0.15) is 0 Å². The number of hydrogen-bond acceptors (Lipinski definition) is 7. The Balaban J connectivity index is 1.57. The smallest absolute Gasteiger partial charge is 0.272 e. The van der Waals surface area contributed by atoms with Gasteiger partial charge in [0.1, 0.15) is 4.70 Å². The highest BCUT2D eigenvalue weighted by Crippen LogP contribution is 2.35. The molecule has 1 N–H and O–H groups in total. The predicted octanol–water partition coefficient (Wildman–Crippen LogP) is 4.50. The van der Waals surface area contributed by atoms with E-state index in [1.165, 1.54) is 23.1 Å². The summed E-state index contributed by atoms with van der Waals surface area (Å²) in [6.07, 6.45) is 2.46. The Labute approximate surface area is 182 Å². The van der Waals surface area contributed by atoms with Crippen molar-refractivity contribution in [3.05, 3.63) is 40.0 Å². The van der Waals surface area contributed by atoms with E-state index < -0.39 is 0 Å². The normalized spacial score (nSPS) is 13.5. The third-order valence-electron chi connectivity index (χ3n) is 4.82. The minimum Gasteiger partial charge on any atom is -0.454 e. The van der Waals surface area contributed by atoms with E-state index in [1.807, 2.05) is 18.4 Å². The lowest BCUT2D eigenvalue weighted by atomic mass is 10.2. The Kier molecular flexibility index (Phi) is 6.29. The Morgan fingerprint density at radius 3 is 2.93 bits per heavy atom. The van der Waals surface area contributed by atoms with E-state index in [0.29, 0.717) is 45.5 Å². The number of nitrogens with zero attached hydrogens (tertiary/aromatic N) is 2. The third kappa shape index (κ3) is 4.17. The fraction of sp³-hybridized carbons (Fsp3) is 0.381. The van der Waals surface area contributed by atoms with Crippen LogP contribution in [-0.4, -0.2) is 27.5 Å². The molecule has 0 saturated carbocycles. The van der Waals surface area contributed by atoms with Gasteiger partial charge in [0, 0.05) is 18.3 Å². The molecule has 0 fully saturated rings. The first-order chi connectivity index (χ1) is 14.6. The molecule has 1 aliphatic rings. The van der Waals surface area contributed by atoms with Crippen LogP contribution in [0.25, 0.3) is 10.2 Å². The van der Waals surface area contributed by atoms with E-state index in [2.05, 4.69) is 12.2 Å². The number of rotatable bonds is 8. The number of benzene rings is 1. The lowest BCUT2D eigenvalue weighted by Gasteiger charge is -2.17. The van der Waals surface area contributed by atoms with Crippen molar-refractivity contribution in [2.45, 2.75) is 50.1 Å². The Morgan fingerprint density at radius 1 is 1.30 bits per heavy atom. The molecule has 4 rings (SSSR count). The molecule has 3 heterocycles. The maximum Gasteiger partial charge on any atom is 0.272 e. The minimum atomic E-state index is -0.383. The van der Waals surface area contributed by atoms with E-state index in [0.717, 1.165) is 12.8 Å². The van der Waals surface area contributed by atoms with Gasteiger partial charge in [-0.05, 0) is 36.4 Å². The van der Waals surface area contributed by atoms with E-state index in [9.17, 15) is 9.59 Å². The zero-order chi connectivity index (χ0) is 21.1. The molecular weight excluding hydrogens is 422 g/mol. The van der Waals surface area contributed by atoms with Gasteiger partial charge in [0.05, 0.1) is 10.8 Å². The molecule has 0 radical (unpaired) electrons. The Bertz CT molecular complexity index is 1130. The molecule has 0 unspecified atom stereocenters. The molecule has 0 saturated heterocycles. The van der Waals surface area contributed by atoms with E-state index in [-0.39, 0.29) is 23.5 Å². The van der Waals surface area contributed by atoms with Crippen molar-refractivity contribution in [3.8, 4) is 11.5 Å². The molecule has 2 aromatic heterocycles. The van der Waals surface area contributed by atoms with Gasteiger partial charge in [0.2, 0.25) is 12.7 Å². The first kappa shape index (κ1) is 20.7. The molecule has 1 aliphatic heterocycles. The molecule has 7 nitrogen and oxygen atoms in total. The van der Waals surface area contributed by atoms with E-state index >= 15 is 0 Å². The van der Waals surface area contributed by atoms with Crippen molar-refractivity contribution in [2.24, 2.45) is 0 Å². The standard InChI is InChI=1S/C21H23N3O4S2/c1-3-5-9-24-20(26)18-14(8-10-29-18)23-21(24)30-17(4-2)19(25)22-13-6-7-15-16(11-13)28-12-27-15/h6-8,10-11,17H,3-5,9,12H2,1-2H3,(H,22,25)/t17-/m1/s1. The largest absolute Gasteiger partial charge is 0.454 e. The molecule has 1 atom stereocenters. The molecule has 30 heavy (non-hydrogen) atoms. The van der Waals surface area contributed by atoms with Crippen molar-refractivity contribution >= 4 is 44.9 Å². The van der Waals surface area contributed by atoms with Crippen LogP contribution in [0, 0.1) is 0 Å². The topological polar surface area (TPSA) is 82.5 Å². The quantitative estimate of drug-likeness (QED) is 0.406. The summed E-state index contributed by atoms with van der Waals surface area (Å²) in [5, 5.41) is 5.03. The first-order valence-corrected chi connectivity index (χ1v) is 11.7. The van der Waals surface area contributed by atoms with E-state index in [4.69, 9.17) is 14.5 Å². The van der Waals surface area contributed by atoms with Crippen molar-refractivity contribution < 1.29 is 14.3 Å². The molecule has 1 amide bonds. The van der Waals surface area contributed by atoms with Crippen LogP contribution in [0.4, 0.5) is 5.69 Å². The third-order valence-corrected chi connectivity index (χ3v) is 7.06. The molecule has 0 aliphatic carbocycles. The number of anilines is 1. The van der Waals surface area contributed by atoms with Crippen molar-refractivity contribution in [3.63, 3.8) is 0 Å². The van der Waals surface area contributed by atoms with Crippen molar-refractivity contribution in [2.75, 3.05) is 12.1 Å². The molecular formula is C21H23N3O4S2. The molecule has 0 spiro atoms. The number of amides is 1. The number of unbranched alkanes of at least 4 members (excludes halogenated alkanes) is 1. The minimum absolute atomic E-state index is 0.0306. The van der Waals surface area contributed by atoms with Crippen molar-refractivity contribution in [1.29, 1.82) is 0 Å². The van der Waals surface area contributed by atoms with E-state index in [1.54, 1.807) is 22.8 Å². The van der Waals surface area contributed by atoms with Crippen LogP contribution in [0.3, 0.4) is 0 Å². The first-order valence-electron chi connectivity index (χ1n) is 9.96. The second kappa shape index (κ2) is 9.09. The molecule has 3 aromatic rings. The maximum absolute atomic E-state index is 13.0. The van der Waals surface area contributed by atoms with Gasteiger partial charge in [-0.25, -0.2) is 4.98 Å². The van der Waals surface area contributed by atoms with Crippen LogP contribution < -0.4 is 20.3 Å². The fourth-order valence-corrected chi connectivity index (χ4v) is 4.99. The fourth-order valence-electron chi connectivity index (χ4n) is 3.17. The number of carbonyl (C=O) groups is 1. The summed E-state index contributed by atoms with van der Waals surface area (Å²) >= 11 is 2.75. The number of hydrogen-bond donors (Lipinski definition) is 1. The number of thiophene rings is 1. The summed E-state index contributed by atoms with van der Waals surface area (Å²) in [7, 11) is 0. The zero-order valence-electron chi connectivity index (χ0n) is 16.8. The van der Waals surface area contributed by atoms with Gasteiger partial charge < -0.3 is 14.8 Å². The monoisotopic (exact) mass is 445 g/mol. The highest BCUT2D eigenvalue weighted by Gasteiger charge is 2.23. The molecule has 0 bridgehead atoms. The summed E-state index contributed by atoms with van der Waals surface area (Å²) in [4.78, 5) is 30.6. The Hall–Kier alpha value is -2.52. The number of nitrogens with one attached hydrogen (secondary N) is 1. The summed E-state index contributed by atoms with van der Waals surface area (Å²) in [6, 6.07) is 7.17. The van der Waals surface area contributed by atoms with Crippen LogP contribution in [0.15, 0.2) is 39.6 Å². The van der Waals surface area contributed by atoms with Gasteiger partial charge >= 0.3 is 0 Å². The van der Waals surface area contributed by atoms with Crippen LogP contribution in [0.5, 0.6) is 11.5 Å². The summed E-state index contributed by atoms with van der Waals surface area (Å²) in [5.41, 5.74) is 1.30. The van der Waals surface area contributed by atoms with Gasteiger partial charge in [-0.15, -0.1) is 11.3 Å².